The van der Waals surface area contributed by atoms with Crippen molar-refractivity contribution in [3.8, 4) is 73.6 Å². The van der Waals surface area contributed by atoms with Gasteiger partial charge in [-0.1, -0.05) is 42.5 Å². The Labute approximate surface area is 418 Å². The predicted octanol–water partition coefficient (Wildman–Crippen LogP) is 11.9. The first kappa shape index (κ1) is 50.6. The first-order chi connectivity index (χ1) is 33.7. The monoisotopic (exact) mass is 951 g/mol. The third-order valence-corrected chi connectivity index (χ3v) is 12.3. The Morgan fingerprint density at radius 1 is 0.465 bits per heavy atom. The molecule has 2 heterocycles. The number of nitrogens with one attached hydrogen (secondary N) is 4. The molecule has 0 aliphatic heterocycles. The molecule has 0 aliphatic carbocycles. The van der Waals surface area contributed by atoms with Gasteiger partial charge in [-0.05, 0) is 123 Å². The van der Waals surface area contributed by atoms with E-state index in [1.54, 1.807) is 0 Å². The highest BCUT2D eigenvalue weighted by atomic mass is 16.3. The van der Waals surface area contributed by atoms with Gasteiger partial charge in [0.05, 0.1) is 34.0 Å². The maximum Gasteiger partial charge on any atom is 0.221 e. The van der Waals surface area contributed by atoms with Crippen LogP contribution in [0, 0.1) is 27.7 Å². The summed E-state index contributed by atoms with van der Waals surface area (Å²) in [5.74, 6) is 1.36. The molecule has 0 saturated heterocycles. The number of aryl methyl sites for hydroxylation is 4. The topological polar surface area (TPSA) is 149 Å². The van der Waals surface area contributed by atoms with Gasteiger partial charge in [0.2, 0.25) is 11.8 Å². The quantitative estimate of drug-likeness (QED) is 0.0807. The molecule has 13 heteroatoms. The lowest BCUT2D eigenvalue weighted by Gasteiger charge is -2.17. The van der Waals surface area contributed by atoms with Crippen LogP contribution < -0.4 is 30.2 Å². The molecule has 0 bridgehead atoms. The highest BCUT2D eigenvalue weighted by molar-refractivity contribution is 5.97. The van der Waals surface area contributed by atoms with Crippen molar-refractivity contribution in [1.82, 2.24) is 19.9 Å². The number of phenolic OH excluding ortho intramolecular Hbond substituents is 1. The molecule has 71 heavy (non-hydrogen) atoms. The minimum absolute atomic E-state index is 0.107. The molecule has 0 radical (unpaired) electrons. The Morgan fingerprint density at radius 2 is 0.901 bits per heavy atom. The van der Waals surface area contributed by atoms with E-state index in [4.69, 9.17) is 9.97 Å². The number of aromatic nitrogens is 4. The summed E-state index contributed by atoms with van der Waals surface area (Å²) in [5.41, 5.74) is 18.5. The summed E-state index contributed by atoms with van der Waals surface area (Å²) >= 11 is 0. The van der Waals surface area contributed by atoms with Crippen LogP contribution in [0.1, 0.15) is 36.1 Å². The second-order valence-corrected chi connectivity index (χ2v) is 18.9. The molecule has 2 amide bonds. The summed E-state index contributed by atoms with van der Waals surface area (Å²) in [7, 11) is 16.1. The molecule has 8 aromatic rings. The van der Waals surface area contributed by atoms with Crippen molar-refractivity contribution in [2.45, 2.75) is 41.5 Å². The highest BCUT2D eigenvalue weighted by Gasteiger charge is 2.22. The van der Waals surface area contributed by atoms with Gasteiger partial charge in [-0.2, -0.15) is 0 Å². The SMILES string of the molecule is CC(=O)Nc1cc(N(C)C)ccc1-c1[nH]c(-c2cc(C)c(NC(C)=O)c(C)c2)nc1-c1ccc(N(C)C)cc1.Cc1cc(C)c(O)c(-c2nc(-c3ccc(N(C)C)cc3)c(-c3ccc(N(C)C)cc3)[nH]2)c1. The fourth-order valence-electron chi connectivity index (χ4n) is 8.53. The van der Waals surface area contributed by atoms with E-state index in [1.165, 1.54) is 13.8 Å². The molecule has 0 unspecified atom stereocenters. The summed E-state index contributed by atoms with van der Waals surface area (Å²) in [4.78, 5) is 49.2. The minimum atomic E-state index is -0.149. The zero-order valence-electron chi connectivity index (χ0n) is 43.4. The second kappa shape index (κ2) is 21.1. The van der Waals surface area contributed by atoms with Crippen LogP contribution in [0.4, 0.5) is 34.1 Å². The van der Waals surface area contributed by atoms with Gasteiger partial charge in [-0.3, -0.25) is 9.59 Å². The molecule has 8 rings (SSSR count). The number of aromatic hydroxyl groups is 1. The average Bonchev–Trinajstić information content (AvgIpc) is 3.98. The van der Waals surface area contributed by atoms with E-state index in [0.717, 1.165) is 101 Å². The molecule has 0 atom stereocenters. The van der Waals surface area contributed by atoms with E-state index >= 15 is 0 Å². The number of carbonyl (C=O) groups is 2. The van der Waals surface area contributed by atoms with Gasteiger partial charge >= 0.3 is 0 Å². The van der Waals surface area contributed by atoms with Gasteiger partial charge in [0.1, 0.15) is 17.4 Å². The molecular formula is C58H66N10O3. The number of rotatable bonds is 12. The maximum absolute atomic E-state index is 12.2. The molecule has 5 N–H and O–H groups in total. The van der Waals surface area contributed by atoms with Crippen LogP contribution in [0.25, 0.3) is 67.8 Å². The van der Waals surface area contributed by atoms with Crippen molar-refractivity contribution in [2.75, 3.05) is 86.6 Å². The smallest absolute Gasteiger partial charge is 0.221 e. The molecule has 0 saturated carbocycles. The van der Waals surface area contributed by atoms with Crippen LogP contribution in [0.5, 0.6) is 5.75 Å². The van der Waals surface area contributed by atoms with Crippen molar-refractivity contribution in [2.24, 2.45) is 0 Å². The van der Waals surface area contributed by atoms with Crippen molar-refractivity contribution >= 4 is 45.9 Å². The third-order valence-electron chi connectivity index (χ3n) is 12.3. The molecule has 2 aromatic heterocycles. The fourth-order valence-corrected chi connectivity index (χ4v) is 8.53. The number of amides is 2. The number of carbonyl (C=O) groups excluding carboxylic acids is 2. The Morgan fingerprint density at radius 3 is 1.38 bits per heavy atom. The van der Waals surface area contributed by atoms with E-state index in [9.17, 15) is 14.7 Å². The van der Waals surface area contributed by atoms with Crippen molar-refractivity contribution in [3.05, 3.63) is 138 Å². The Kier molecular flexibility index (Phi) is 15.0. The number of H-pyrrole nitrogens is 2. The first-order valence-electron chi connectivity index (χ1n) is 23.5. The number of phenols is 1. The third kappa shape index (κ3) is 11.4. The molecule has 0 spiro atoms. The van der Waals surface area contributed by atoms with Crippen molar-refractivity contribution in [3.63, 3.8) is 0 Å². The first-order valence-corrected chi connectivity index (χ1v) is 23.5. The van der Waals surface area contributed by atoms with Crippen LogP contribution >= 0.6 is 0 Å². The van der Waals surface area contributed by atoms with E-state index in [0.29, 0.717) is 22.9 Å². The molecule has 366 valence electrons. The standard InChI is InChI=1S/C31H36N6O2.C27H30N4O/c1-18-15-23(16-19(2)28(18)33-21(4)39)31-34-29(22-9-11-24(12-10-22)36(5)6)30(35-31)26-14-13-25(37(7)8)17-27(26)32-20(3)38;1-17-15-18(2)26(32)23(16-17)27-28-24(19-7-11-21(12-8-19)30(3)4)25(29-27)20-9-13-22(14-10-20)31(5)6/h9-17H,1-8H3,(H,32,38)(H,33,39)(H,34,35);7-16,32H,1-6H3,(H,28,29). The lowest BCUT2D eigenvalue weighted by atomic mass is 10.0. The summed E-state index contributed by atoms with van der Waals surface area (Å²) in [6.45, 7) is 10.9. The number of hydrogen-bond donors (Lipinski definition) is 5. The minimum Gasteiger partial charge on any atom is -0.507 e. The summed E-state index contributed by atoms with van der Waals surface area (Å²) in [6.07, 6.45) is 0. The Hall–Kier alpha value is -8.32. The van der Waals surface area contributed by atoms with Crippen LogP contribution in [-0.2, 0) is 9.59 Å². The predicted molar refractivity (Wildman–Crippen MR) is 296 cm³/mol. The summed E-state index contributed by atoms with van der Waals surface area (Å²) < 4.78 is 0. The van der Waals surface area contributed by atoms with Crippen LogP contribution in [0.2, 0.25) is 0 Å². The average molecular weight is 951 g/mol. The molecule has 0 fully saturated rings. The Balaban J connectivity index is 0.000000213. The van der Waals surface area contributed by atoms with Gasteiger partial charge < -0.3 is 45.3 Å². The lowest BCUT2D eigenvalue weighted by molar-refractivity contribution is -0.115. The number of aromatic amines is 2. The molecular weight excluding hydrogens is 885 g/mol. The van der Waals surface area contributed by atoms with Crippen LogP contribution in [0.3, 0.4) is 0 Å². The fraction of sp³-hybridized carbons (Fsp3) is 0.241. The number of hydrogen-bond acceptors (Lipinski definition) is 9. The summed E-state index contributed by atoms with van der Waals surface area (Å²) in [6, 6.07) is 39.0. The van der Waals surface area contributed by atoms with Crippen LogP contribution in [0.15, 0.2) is 115 Å². The van der Waals surface area contributed by atoms with Crippen LogP contribution in [-0.4, -0.2) is 93.2 Å². The zero-order chi connectivity index (χ0) is 51.4. The lowest BCUT2D eigenvalue weighted by Crippen LogP contribution is -2.11. The van der Waals surface area contributed by atoms with Gasteiger partial charge in [0.25, 0.3) is 0 Å². The number of imidazole rings is 2. The van der Waals surface area contributed by atoms with Gasteiger partial charge in [0.15, 0.2) is 0 Å². The second-order valence-electron chi connectivity index (χ2n) is 18.9. The van der Waals surface area contributed by atoms with Gasteiger partial charge in [-0.25, -0.2) is 9.97 Å². The van der Waals surface area contributed by atoms with E-state index in [1.807, 2.05) is 131 Å². The number of anilines is 6. The van der Waals surface area contributed by atoms with Crippen molar-refractivity contribution in [1.29, 1.82) is 0 Å². The van der Waals surface area contributed by atoms with Crippen molar-refractivity contribution < 1.29 is 14.7 Å². The molecule has 6 aromatic carbocycles. The highest BCUT2D eigenvalue weighted by Crippen LogP contribution is 2.41. The van der Waals surface area contributed by atoms with E-state index in [2.05, 4.69) is 108 Å². The zero-order valence-corrected chi connectivity index (χ0v) is 43.4. The van der Waals surface area contributed by atoms with Gasteiger partial charge in [-0.15, -0.1) is 0 Å². The molecule has 13 nitrogen and oxygen atoms in total. The van der Waals surface area contributed by atoms with E-state index in [-0.39, 0.29) is 17.6 Å². The number of nitrogens with zero attached hydrogens (tertiary/aromatic N) is 6. The largest absolute Gasteiger partial charge is 0.507 e. The summed E-state index contributed by atoms with van der Waals surface area (Å²) in [5, 5.41) is 16.7. The van der Waals surface area contributed by atoms with Gasteiger partial charge in [0, 0.05) is 126 Å². The van der Waals surface area contributed by atoms with E-state index < -0.39 is 0 Å². The molecule has 0 aliphatic rings. The maximum atomic E-state index is 12.2. The Bertz CT molecular complexity index is 3110. The number of benzene rings is 6. The normalized spacial score (nSPS) is 10.8.